The summed E-state index contributed by atoms with van der Waals surface area (Å²) in [4.78, 5) is 0. The van der Waals surface area contributed by atoms with Crippen molar-refractivity contribution in [2.45, 2.75) is 24.9 Å². The smallest absolute Gasteiger partial charge is 0.388 e. The standard InChI is InChI=1S/C17H30N2O3Si/c1-5-19-17(11-15-9-7-6-8-10-15)12-16(13-18)14-23(20-2,21-3)22-4/h5-10,16-17,19H,1,11-14,18H2,2-4H3. The van der Waals surface area contributed by atoms with Gasteiger partial charge < -0.3 is 24.3 Å². The third kappa shape index (κ3) is 6.45. The maximum absolute atomic E-state index is 5.98. The molecule has 0 aromatic heterocycles. The third-order valence-corrected chi connectivity index (χ3v) is 7.04. The van der Waals surface area contributed by atoms with E-state index in [2.05, 4.69) is 36.2 Å². The van der Waals surface area contributed by atoms with Crippen LogP contribution in [-0.2, 0) is 19.7 Å². The molecule has 0 saturated heterocycles. The highest BCUT2D eigenvalue weighted by Gasteiger charge is 2.40. The van der Waals surface area contributed by atoms with E-state index in [0.717, 1.165) is 12.8 Å². The summed E-state index contributed by atoms with van der Waals surface area (Å²) in [5.74, 6) is 0.252. The maximum Gasteiger partial charge on any atom is 0.500 e. The minimum atomic E-state index is -2.62. The van der Waals surface area contributed by atoms with Crippen molar-refractivity contribution in [3.63, 3.8) is 0 Å². The van der Waals surface area contributed by atoms with Crippen molar-refractivity contribution in [3.8, 4) is 0 Å². The predicted molar refractivity (Wildman–Crippen MR) is 96.0 cm³/mol. The van der Waals surface area contributed by atoms with Crippen molar-refractivity contribution in [3.05, 3.63) is 48.7 Å². The summed E-state index contributed by atoms with van der Waals surface area (Å²) in [5.41, 5.74) is 7.27. The van der Waals surface area contributed by atoms with Crippen LogP contribution in [0, 0.1) is 5.92 Å². The summed E-state index contributed by atoms with van der Waals surface area (Å²) in [7, 11) is 2.29. The van der Waals surface area contributed by atoms with Gasteiger partial charge >= 0.3 is 8.80 Å². The SMILES string of the molecule is C=CNC(Cc1ccccc1)CC(CN)C[Si](OC)(OC)OC. The Kier molecular flexibility index (Phi) is 9.12. The van der Waals surface area contributed by atoms with Gasteiger partial charge in [0, 0.05) is 33.4 Å². The number of hydrogen-bond acceptors (Lipinski definition) is 5. The van der Waals surface area contributed by atoms with Crippen LogP contribution in [0.3, 0.4) is 0 Å². The van der Waals surface area contributed by atoms with Gasteiger partial charge in [0.15, 0.2) is 0 Å². The van der Waals surface area contributed by atoms with Gasteiger partial charge in [-0.15, -0.1) is 0 Å². The van der Waals surface area contributed by atoms with Gasteiger partial charge in [-0.05, 0) is 37.1 Å². The molecule has 6 heteroatoms. The lowest BCUT2D eigenvalue weighted by Gasteiger charge is -2.30. The summed E-state index contributed by atoms with van der Waals surface area (Å²) in [6, 6.07) is 11.4. The van der Waals surface area contributed by atoms with Crippen LogP contribution in [0.4, 0.5) is 0 Å². The van der Waals surface area contributed by atoms with Crippen LogP contribution in [0.1, 0.15) is 12.0 Å². The fraction of sp³-hybridized carbons (Fsp3) is 0.529. The number of rotatable bonds is 12. The molecular formula is C17H30N2O3Si. The minimum absolute atomic E-state index is 0.252. The molecule has 2 atom stereocenters. The number of hydrogen-bond donors (Lipinski definition) is 2. The Labute approximate surface area is 141 Å². The maximum atomic E-state index is 5.98. The van der Waals surface area contributed by atoms with E-state index < -0.39 is 8.80 Å². The first-order valence-corrected chi connectivity index (χ1v) is 9.82. The molecular weight excluding hydrogens is 308 g/mol. The van der Waals surface area contributed by atoms with E-state index in [0.29, 0.717) is 12.6 Å². The first-order chi connectivity index (χ1) is 11.1. The van der Waals surface area contributed by atoms with E-state index in [9.17, 15) is 0 Å². The zero-order chi connectivity index (χ0) is 17.1. The highest BCUT2D eigenvalue weighted by Crippen LogP contribution is 2.23. The highest BCUT2D eigenvalue weighted by atomic mass is 28.4. The predicted octanol–water partition coefficient (Wildman–Crippen LogP) is 2.17. The lowest BCUT2D eigenvalue weighted by atomic mass is 9.96. The Balaban J connectivity index is 2.73. The number of nitrogens with one attached hydrogen (secondary N) is 1. The van der Waals surface area contributed by atoms with Crippen LogP contribution in [0.5, 0.6) is 0 Å². The van der Waals surface area contributed by atoms with Crippen molar-refractivity contribution in [2.24, 2.45) is 11.7 Å². The Morgan fingerprint density at radius 3 is 2.26 bits per heavy atom. The van der Waals surface area contributed by atoms with Crippen LogP contribution in [0.25, 0.3) is 0 Å². The molecule has 0 aliphatic rings. The van der Waals surface area contributed by atoms with Gasteiger partial charge in [-0.25, -0.2) is 0 Å². The molecule has 0 radical (unpaired) electrons. The van der Waals surface area contributed by atoms with Crippen LogP contribution in [0.2, 0.25) is 6.04 Å². The van der Waals surface area contributed by atoms with Gasteiger partial charge in [0.2, 0.25) is 0 Å². The average Bonchev–Trinajstić information content (AvgIpc) is 2.60. The van der Waals surface area contributed by atoms with E-state index >= 15 is 0 Å². The second-order valence-corrected chi connectivity index (χ2v) is 8.59. The van der Waals surface area contributed by atoms with Gasteiger partial charge in [0.1, 0.15) is 0 Å². The van der Waals surface area contributed by atoms with Crippen LogP contribution in [-0.4, -0.2) is 42.7 Å². The van der Waals surface area contributed by atoms with Crippen molar-refractivity contribution >= 4 is 8.80 Å². The summed E-state index contributed by atoms with van der Waals surface area (Å²) in [5, 5.41) is 3.34. The highest BCUT2D eigenvalue weighted by molar-refractivity contribution is 6.60. The lowest BCUT2D eigenvalue weighted by Crippen LogP contribution is -2.46. The summed E-state index contributed by atoms with van der Waals surface area (Å²) in [6.07, 6.45) is 3.57. The van der Waals surface area contributed by atoms with E-state index in [1.165, 1.54) is 5.56 Å². The number of benzene rings is 1. The molecule has 130 valence electrons. The largest absolute Gasteiger partial charge is 0.500 e. The first kappa shape index (κ1) is 19.9. The minimum Gasteiger partial charge on any atom is -0.388 e. The lowest BCUT2D eigenvalue weighted by molar-refractivity contribution is 0.117. The van der Waals surface area contributed by atoms with E-state index in [1.54, 1.807) is 27.5 Å². The van der Waals surface area contributed by atoms with Gasteiger partial charge in [0.25, 0.3) is 0 Å². The molecule has 2 unspecified atom stereocenters. The summed E-state index contributed by atoms with van der Waals surface area (Å²) >= 11 is 0. The number of nitrogens with two attached hydrogens (primary N) is 1. The van der Waals surface area contributed by atoms with Crippen LogP contribution < -0.4 is 11.1 Å². The summed E-state index contributed by atoms with van der Waals surface area (Å²) in [6.45, 7) is 4.35. The van der Waals surface area contributed by atoms with Crippen molar-refractivity contribution < 1.29 is 13.3 Å². The molecule has 0 spiro atoms. The Morgan fingerprint density at radius 2 is 1.78 bits per heavy atom. The molecule has 0 aliphatic heterocycles. The molecule has 23 heavy (non-hydrogen) atoms. The van der Waals surface area contributed by atoms with Gasteiger partial charge in [-0.1, -0.05) is 36.9 Å². The molecule has 0 saturated carbocycles. The zero-order valence-corrected chi connectivity index (χ0v) is 15.5. The average molecular weight is 339 g/mol. The second-order valence-electron chi connectivity index (χ2n) is 5.59. The first-order valence-electron chi connectivity index (χ1n) is 7.89. The van der Waals surface area contributed by atoms with E-state index in [4.69, 9.17) is 19.0 Å². The zero-order valence-electron chi connectivity index (χ0n) is 14.5. The molecule has 0 fully saturated rings. The quantitative estimate of drug-likeness (QED) is 0.572. The Bertz CT molecular complexity index is 432. The van der Waals surface area contributed by atoms with Crippen molar-refractivity contribution in [1.29, 1.82) is 0 Å². The van der Waals surface area contributed by atoms with Gasteiger partial charge in [-0.3, -0.25) is 0 Å². The Hall–Kier alpha value is -1.18. The molecule has 1 rings (SSSR count). The normalized spacial score (nSPS) is 14.3. The molecule has 1 aromatic rings. The second kappa shape index (κ2) is 10.6. The monoisotopic (exact) mass is 338 g/mol. The van der Waals surface area contributed by atoms with Gasteiger partial charge in [0.05, 0.1) is 0 Å². The molecule has 3 N–H and O–H groups in total. The molecule has 0 aliphatic carbocycles. The topological polar surface area (TPSA) is 65.7 Å². The third-order valence-electron chi connectivity index (χ3n) is 4.10. The summed E-state index contributed by atoms with van der Waals surface area (Å²) < 4.78 is 16.6. The fourth-order valence-electron chi connectivity index (χ4n) is 2.79. The van der Waals surface area contributed by atoms with Crippen molar-refractivity contribution in [1.82, 2.24) is 5.32 Å². The van der Waals surface area contributed by atoms with Gasteiger partial charge in [-0.2, -0.15) is 0 Å². The fourth-order valence-corrected chi connectivity index (χ4v) is 4.83. The van der Waals surface area contributed by atoms with Crippen LogP contribution >= 0.6 is 0 Å². The van der Waals surface area contributed by atoms with E-state index in [1.807, 2.05) is 6.07 Å². The van der Waals surface area contributed by atoms with Crippen molar-refractivity contribution in [2.75, 3.05) is 27.9 Å². The van der Waals surface area contributed by atoms with E-state index in [-0.39, 0.29) is 12.0 Å². The molecule has 0 bridgehead atoms. The Morgan fingerprint density at radius 1 is 1.17 bits per heavy atom. The molecule has 5 nitrogen and oxygen atoms in total. The molecule has 0 heterocycles. The molecule has 1 aromatic carbocycles. The molecule has 0 amide bonds. The van der Waals surface area contributed by atoms with Crippen LogP contribution in [0.15, 0.2) is 43.1 Å².